The molecule has 0 aromatic heterocycles. The quantitative estimate of drug-likeness (QED) is 0.850. The van der Waals surface area contributed by atoms with Gasteiger partial charge in [0.25, 0.3) is 0 Å². The van der Waals surface area contributed by atoms with E-state index in [0.717, 1.165) is 12.6 Å². The van der Waals surface area contributed by atoms with Gasteiger partial charge in [-0.1, -0.05) is 50.5 Å². The summed E-state index contributed by atoms with van der Waals surface area (Å²) in [6.45, 7) is 10.9. The lowest BCUT2D eigenvalue weighted by molar-refractivity contribution is 0.121. The van der Waals surface area contributed by atoms with E-state index in [-0.39, 0.29) is 0 Å². The van der Waals surface area contributed by atoms with Crippen molar-refractivity contribution < 1.29 is 0 Å². The Morgan fingerprint density at radius 2 is 1.86 bits per heavy atom. The molecule has 2 heteroatoms. The van der Waals surface area contributed by atoms with Crippen molar-refractivity contribution >= 4 is 0 Å². The van der Waals surface area contributed by atoms with Crippen molar-refractivity contribution in [3.8, 4) is 0 Å². The molecule has 2 nitrogen and oxygen atoms in total. The van der Waals surface area contributed by atoms with Crippen LogP contribution in [0.5, 0.6) is 0 Å². The molecule has 1 unspecified atom stereocenters. The summed E-state index contributed by atoms with van der Waals surface area (Å²) in [7, 11) is 0. The summed E-state index contributed by atoms with van der Waals surface area (Å²) in [5.41, 5.74) is 10.4. The molecule has 0 saturated heterocycles. The van der Waals surface area contributed by atoms with Crippen LogP contribution in [-0.2, 0) is 0 Å². The molecule has 0 amide bonds. The van der Waals surface area contributed by atoms with Crippen LogP contribution >= 0.6 is 0 Å². The van der Waals surface area contributed by atoms with Crippen molar-refractivity contribution in [3.05, 3.63) is 34.9 Å². The third-order valence-electron chi connectivity index (χ3n) is 4.78. The lowest BCUT2D eigenvalue weighted by atomic mass is 9.95. The van der Waals surface area contributed by atoms with Gasteiger partial charge in [0.05, 0.1) is 0 Å². The highest BCUT2D eigenvalue weighted by Gasteiger charge is 2.30. The predicted molar refractivity (Wildman–Crippen MR) is 91.5 cm³/mol. The normalized spacial score (nSPS) is 17.9. The van der Waals surface area contributed by atoms with Crippen molar-refractivity contribution in [2.45, 2.75) is 65.5 Å². The SMILES string of the molecule is Cc1ccc(C(CN)N(CC(C)C)C2CCCC2)c(C)c1. The van der Waals surface area contributed by atoms with Crippen molar-refractivity contribution in [2.24, 2.45) is 11.7 Å². The standard InChI is InChI=1S/C19H32N2/c1-14(2)13-21(17-7-5-6-8-17)19(12-20)18-10-9-15(3)11-16(18)4/h9-11,14,17,19H,5-8,12-13,20H2,1-4H3. The summed E-state index contributed by atoms with van der Waals surface area (Å²) in [5.74, 6) is 0.686. The Balaban J connectivity index is 2.29. The van der Waals surface area contributed by atoms with Crippen molar-refractivity contribution in [1.29, 1.82) is 0 Å². The van der Waals surface area contributed by atoms with Gasteiger partial charge in [0.15, 0.2) is 0 Å². The maximum Gasteiger partial charge on any atom is 0.0476 e. The van der Waals surface area contributed by atoms with E-state index in [1.807, 2.05) is 0 Å². The molecular weight excluding hydrogens is 256 g/mol. The molecule has 0 radical (unpaired) electrons. The first-order chi connectivity index (χ1) is 10.0. The Hall–Kier alpha value is -0.860. The van der Waals surface area contributed by atoms with Crippen LogP contribution in [0.15, 0.2) is 18.2 Å². The Morgan fingerprint density at radius 1 is 1.19 bits per heavy atom. The second kappa shape index (κ2) is 7.42. The van der Waals surface area contributed by atoms with Gasteiger partial charge in [-0.15, -0.1) is 0 Å². The van der Waals surface area contributed by atoms with E-state index < -0.39 is 0 Å². The number of hydrogen-bond acceptors (Lipinski definition) is 2. The topological polar surface area (TPSA) is 29.3 Å². The molecule has 21 heavy (non-hydrogen) atoms. The van der Waals surface area contributed by atoms with Gasteiger partial charge in [-0.3, -0.25) is 4.90 Å². The zero-order chi connectivity index (χ0) is 15.4. The van der Waals surface area contributed by atoms with E-state index in [2.05, 4.69) is 50.8 Å². The molecule has 0 heterocycles. The third kappa shape index (κ3) is 4.08. The molecule has 0 bridgehead atoms. The van der Waals surface area contributed by atoms with Gasteiger partial charge in [0, 0.05) is 25.2 Å². The Bertz CT molecular complexity index is 447. The van der Waals surface area contributed by atoms with Crippen LogP contribution in [0.1, 0.15) is 62.3 Å². The van der Waals surface area contributed by atoms with Gasteiger partial charge in [0.1, 0.15) is 0 Å². The van der Waals surface area contributed by atoms with Gasteiger partial charge < -0.3 is 5.73 Å². The van der Waals surface area contributed by atoms with Crippen LogP contribution in [0.3, 0.4) is 0 Å². The number of nitrogens with zero attached hydrogens (tertiary/aromatic N) is 1. The van der Waals surface area contributed by atoms with Crippen LogP contribution in [0.4, 0.5) is 0 Å². The van der Waals surface area contributed by atoms with E-state index in [4.69, 9.17) is 5.73 Å². The Kier molecular flexibility index (Phi) is 5.83. The highest BCUT2D eigenvalue weighted by molar-refractivity contribution is 5.33. The fourth-order valence-corrected chi connectivity index (χ4v) is 3.83. The molecule has 1 aromatic carbocycles. The molecular formula is C19H32N2. The highest BCUT2D eigenvalue weighted by Crippen LogP contribution is 2.32. The average Bonchev–Trinajstić information content (AvgIpc) is 2.94. The van der Waals surface area contributed by atoms with Crippen LogP contribution in [0.25, 0.3) is 0 Å². The van der Waals surface area contributed by atoms with E-state index in [1.54, 1.807) is 0 Å². The first-order valence-electron chi connectivity index (χ1n) is 8.56. The van der Waals surface area contributed by atoms with Crippen molar-refractivity contribution in [2.75, 3.05) is 13.1 Å². The summed E-state index contributed by atoms with van der Waals surface area (Å²) in [4.78, 5) is 2.70. The fourth-order valence-electron chi connectivity index (χ4n) is 3.83. The minimum absolute atomic E-state index is 0.371. The monoisotopic (exact) mass is 288 g/mol. The molecule has 1 atom stereocenters. The first-order valence-corrected chi connectivity index (χ1v) is 8.56. The van der Waals surface area contributed by atoms with Crippen LogP contribution in [0.2, 0.25) is 0 Å². The van der Waals surface area contributed by atoms with Crippen molar-refractivity contribution in [1.82, 2.24) is 4.90 Å². The second-order valence-corrected chi connectivity index (χ2v) is 7.14. The number of rotatable bonds is 6. The van der Waals surface area contributed by atoms with Crippen LogP contribution in [-0.4, -0.2) is 24.0 Å². The lowest BCUT2D eigenvalue weighted by Gasteiger charge is -2.38. The molecule has 1 aromatic rings. The summed E-state index contributed by atoms with van der Waals surface area (Å²) < 4.78 is 0. The maximum absolute atomic E-state index is 6.21. The first kappa shape index (κ1) is 16.5. The second-order valence-electron chi connectivity index (χ2n) is 7.14. The number of benzene rings is 1. The maximum atomic E-state index is 6.21. The zero-order valence-corrected chi connectivity index (χ0v) is 14.2. The van der Waals surface area contributed by atoms with Gasteiger partial charge >= 0.3 is 0 Å². The predicted octanol–water partition coefficient (Wildman–Crippen LogP) is 4.20. The van der Waals surface area contributed by atoms with E-state index in [1.165, 1.54) is 42.4 Å². The molecule has 1 fully saturated rings. The van der Waals surface area contributed by atoms with E-state index in [9.17, 15) is 0 Å². The number of hydrogen-bond donors (Lipinski definition) is 1. The molecule has 1 aliphatic carbocycles. The average molecular weight is 288 g/mol. The van der Waals surface area contributed by atoms with Gasteiger partial charge in [-0.05, 0) is 43.7 Å². The summed E-state index contributed by atoms with van der Waals surface area (Å²) in [6, 6.07) is 7.91. The van der Waals surface area contributed by atoms with Gasteiger partial charge in [0.2, 0.25) is 0 Å². The molecule has 118 valence electrons. The Labute approximate surface area is 130 Å². The molecule has 1 saturated carbocycles. The van der Waals surface area contributed by atoms with E-state index >= 15 is 0 Å². The lowest BCUT2D eigenvalue weighted by Crippen LogP contribution is -2.42. The molecule has 0 spiro atoms. The number of aryl methyl sites for hydroxylation is 2. The summed E-state index contributed by atoms with van der Waals surface area (Å²) >= 11 is 0. The molecule has 2 N–H and O–H groups in total. The van der Waals surface area contributed by atoms with Gasteiger partial charge in [-0.2, -0.15) is 0 Å². The highest BCUT2D eigenvalue weighted by atomic mass is 15.2. The fraction of sp³-hybridized carbons (Fsp3) is 0.684. The molecule has 0 aliphatic heterocycles. The minimum Gasteiger partial charge on any atom is -0.329 e. The van der Waals surface area contributed by atoms with Crippen LogP contribution in [0, 0.1) is 19.8 Å². The Morgan fingerprint density at radius 3 is 2.38 bits per heavy atom. The zero-order valence-electron chi connectivity index (χ0n) is 14.2. The smallest absolute Gasteiger partial charge is 0.0476 e. The van der Waals surface area contributed by atoms with E-state index in [0.29, 0.717) is 18.5 Å². The largest absolute Gasteiger partial charge is 0.329 e. The molecule has 1 aliphatic rings. The number of nitrogens with two attached hydrogens (primary N) is 1. The third-order valence-corrected chi connectivity index (χ3v) is 4.78. The van der Waals surface area contributed by atoms with Gasteiger partial charge in [-0.25, -0.2) is 0 Å². The van der Waals surface area contributed by atoms with Crippen LogP contribution < -0.4 is 5.73 Å². The van der Waals surface area contributed by atoms with Crippen molar-refractivity contribution in [3.63, 3.8) is 0 Å². The molecule has 2 rings (SSSR count). The minimum atomic E-state index is 0.371. The summed E-state index contributed by atoms with van der Waals surface area (Å²) in [5, 5.41) is 0. The summed E-state index contributed by atoms with van der Waals surface area (Å²) in [6.07, 6.45) is 5.44.